The monoisotopic (exact) mass is 210 g/mol. The van der Waals surface area contributed by atoms with Crippen molar-refractivity contribution in [2.45, 2.75) is 6.54 Å². The Hall–Kier alpha value is -1.06. The summed E-state index contributed by atoms with van der Waals surface area (Å²) in [5.74, 6) is 0.886. The lowest BCUT2D eigenvalue weighted by Gasteiger charge is -2.29. The highest BCUT2D eigenvalue weighted by Gasteiger charge is 2.14. The summed E-state index contributed by atoms with van der Waals surface area (Å²) in [5, 5.41) is 8.94. The molecule has 1 aromatic carbocycles. The summed E-state index contributed by atoms with van der Waals surface area (Å²) in [5.41, 5.74) is 1.23. The number of nitrogens with zero attached hydrogens (tertiary/aromatic N) is 1. The summed E-state index contributed by atoms with van der Waals surface area (Å²) in [6, 6.07) is 8.06. The van der Waals surface area contributed by atoms with E-state index in [9.17, 15) is 0 Å². The molecule has 0 aliphatic carbocycles. The minimum absolute atomic E-state index is 0.219. The van der Waals surface area contributed by atoms with Crippen LogP contribution in [0.15, 0.2) is 24.3 Å². The van der Waals surface area contributed by atoms with Gasteiger partial charge in [0.15, 0.2) is 0 Å². The van der Waals surface area contributed by atoms with Crippen LogP contribution in [0.25, 0.3) is 0 Å². The lowest BCUT2D eigenvalue weighted by atomic mass is 10.2. The van der Waals surface area contributed by atoms with Crippen LogP contribution in [0.2, 0.25) is 0 Å². The molecule has 0 atom stereocenters. The van der Waals surface area contributed by atoms with Crippen LogP contribution < -0.4 is 4.74 Å². The zero-order valence-corrected chi connectivity index (χ0v) is 9.73. The van der Waals surface area contributed by atoms with Gasteiger partial charge in [-0.1, -0.05) is 12.1 Å². The third kappa shape index (κ3) is 3.90. The summed E-state index contributed by atoms with van der Waals surface area (Å²) in [6.45, 7) is 1.88. The molecule has 3 nitrogen and oxygen atoms in total. The van der Waals surface area contributed by atoms with Crippen LogP contribution in [-0.2, 0) is 6.54 Å². The number of benzene rings is 1. The van der Waals surface area contributed by atoms with Crippen LogP contribution in [-0.4, -0.2) is 43.9 Å². The number of rotatable bonds is 5. The molecule has 0 aliphatic heterocycles. The SMILES string of the molecule is COc1cccc(C[N+](C)(C)CCO)c1. The van der Waals surface area contributed by atoms with E-state index in [1.165, 1.54) is 5.56 Å². The van der Waals surface area contributed by atoms with E-state index < -0.39 is 0 Å². The molecule has 1 N–H and O–H groups in total. The van der Waals surface area contributed by atoms with Crippen molar-refractivity contribution >= 4 is 0 Å². The van der Waals surface area contributed by atoms with Crippen LogP contribution in [0.3, 0.4) is 0 Å². The summed E-state index contributed by atoms with van der Waals surface area (Å²) >= 11 is 0. The second kappa shape index (κ2) is 5.14. The van der Waals surface area contributed by atoms with Gasteiger partial charge in [0.05, 0.1) is 27.8 Å². The molecule has 0 radical (unpaired) electrons. The first-order valence-corrected chi connectivity index (χ1v) is 5.13. The van der Waals surface area contributed by atoms with Crippen molar-refractivity contribution in [2.75, 3.05) is 34.4 Å². The second-order valence-electron chi connectivity index (χ2n) is 4.39. The molecule has 0 heterocycles. The average molecular weight is 210 g/mol. The molecule has 0 aromatic heterocycles. The van der Waals surface area contributed by atoms with Crippen molar-refractivity contribution in [3.05, 3.63) is 29.8 Å². The Labute approximate surface area is 91.5 Å². The lowest BCUT2D eigenvalue weighted by Crippen LogP contribution is -2.41. The quantitative estimate of drug-likeness (QED) is 0.741. The topological polar surface area (TPSA) is 29.5 Å². The van der Waals surface area contributed by atoms with Crippen LogP contribution in [0.4, 0.5) is 0 Å². The normalized spacial score (nSPS) is 11.5. The molecule has 0 unspecified atom stereocenters. The van der Waals surface area contributed by atoms with E-state index in [-0.39, 0.29) is 6.61 Å². The van der Waals surface area contributed by atoms with Gasteiger partial charge in [-0.3, -0.25) is 0 Å². The molecule has 0 saturated carbocycles. The maximum absolute atomic E-state index is 8.94. The lowest BCUT2D eigenvalue weighted by molar-refractivity contribution is -0.903. The van der Waals surface area contributed by atoms with E-state index in [0.29, 0.717) is 0 Å². The summed E-state index contributed by atoms with van der Waals surface area (Å²) < 4.78 is 5.95. The number of likely N-dealkylation sites (N-methyl/N-ethyl adjacent to an activating group) is 1. The van der Waals surface area contributed by atoms with Crippen LogP contribution >= 0.6 is 0 Å². The number of aliphatic hydroxyl groups excluding tert-OH is 1. The number of hydrogen-bond donors (Lipinski definition) is 1. The van der Waals surface area contributed by atoms with Gasteiger partial charge in [-0.2, -0.15) is 0 Å². The third-order valence-electron chi connectivity index (χ3n) is 2.45. The first-order chi connectivity index (χ1) is 7.07. The Morgan fingerprint density at radius 3 is 2.67 bits per heavy atom. The first-order valence-electron chi connectivity index (χ1n) is 5.13. The van der Waals surface area contributed by atoms with Gasteiger partial charge in [-0.05, 0) is 12.1 Å². The van der Waals surface area contributed by atoms with E-state index >= 15 is 0 Å². The molecular formula is C12H20NO2+. The third-order valence-corrected chi connectivity index (χ3v) is 2.45. The highest BCUT2D eigenvalue weighted by Crippen LogP contribution is 2.15. The van der Waals surface area contributed by atoms with Crippen molar-refractivity contribution in [1.29, 1.82) is 0 Å². The molecule has 0 fully saturated rings. The molecule has 84 valence electrons. The van der Waals surface area contributed by atoms with Gasteiger partial charge in [-0.15, -0.1) is 0 Å². The maximum atomic E-state index is 8.94. The zero-order chi connectivity index (χ0) is 11.3. The number of aliphatic hydroxyl groups is 1. The van der Waals surface area contributed by atoms with E-state index in [1.54, 1.807) is 7.11 Å². The molecule has 15 heavy (non-hydrogen) atoms. The van der Waals surface area contributed by atoms with Crippen LogP contribution in [0, 0.1) is 0 Å². The summed E-state index contributed by atoms with van der Waals surface area (Å²) in [6.07, 6.45) is 0. The van der Waals surface area contributed by atoms with Gasteiger partial charge in [0.25, 0.3) is 0 Å². The van der Waals surface area contributed by atoms with Crippen molar-refractivity contribution in [3.8, 4) is 5.75 Å². The minimum atomic E-state index is 0.219. The molecule has 0 spiro atoms. The molecule has 3 heteroatoms. The van der Waals surface area contributed by atoms with Crippen LogP contribution in [0.1, 0.15) is 5.56 Å². The molecule has 0 aliphatic rings. The van der Waals surface area contributed by atoms with E-state index in [0.717, 1.165) is 23.3 Å². The van der Waals surface area contributed by atoms with Crippen LogP contribution in [0.5, 0.6) is 5.75 Å². The standard InChI is InChI=1S/C12H20NO2/c1-13(2,7-8-14)10-11-5-4-6-12(9-11)15-3/h4-6,9,14H,7-8,10H2,1-3H3/q+1. The minimum Gasteiger partial charge on any atom is -0.497 e. The van der Waals surface area contributed by atoms with Crippen molar-refractivity contribution in [3.63, 3.8) is 0 Å². The first kappa shape index (κ1) is 12.0. The van der Waals surface area contributed by atoms with E-state index in [4.69, 9.17) is 9.84 Å². The van der Waals surface area contributed by atoms with Gasteiger partial charge >= 0.3 is 0 Å². The van der Waals surface area contributed by atoms with Gasteiger partial charge in [0, 0.05) is 5.56 Å². The smallest absolute Gasteiger partial charge is 0.119 e. The predicted molar refractivity (Wildman–Crippen MR) is 60.8 cm³/mol. The van der Waals surface area contributed by atoms with Crippen molar-refractivity contribution in [1.82, 2.24) is 0 Å². The van der Waals surface area contributed by atoms with E-state index in [2.05, 4.69) is 20.2 Å². The van der Waals surface area contributed by atoms with Gasteiger partial charge in [0.2, 0.25) is 0 Å². The average Bonchev–Trinajstić information content (AvgIpc) is 2.17. The summed E-state index contributed by atoms with van der Waals surface area (Å²) in [7, 11) is 5.89. The fourth-order valence-electron chi connectivity index (χ4n) is 1.61. The Morgan fingerprint density at radius 1 is 1.33 bits per heavy atom. The summed E-state index contributed by atoms with van der Waals surface area (Å²) in [4.78, 5) is 0. The van der Waals surface area contributed by atoms with E-state index in [1.807, 2.05) is 18.2 Å². The molecule has 0 bridgehead atoms. The molecule has 0 amide bonds. The highest BCUT2D eigenvalue weighted by atomic mass is 16.5. The Balaban J connectivity index is 2.71. The number of hydrogen-bond acceptors (Lipinski definition) is 2. The number of ether oxygens (including phenoxy) is 1. The molecule has 0 saturated heterocycles. The highest BCUT2D eigenvalue weighted by molar-refractivity contribution is 5.27. The Bertz CT molecular complexity index is 310. The number of quaternary nitrogens is 1. The zero-order valence-electron chi connectivity index (χ0n) is 9.73. The predicted octanol–water partition coefficient (Wildman–Crippen LogP) is 1.26. The Kier molecular flexibility index (Phi) is 4.12. The fourth-order valence-corrected chi connectivity index (χ4v) is 1.61. The largest absolute Gasteiger partial charge is 0.497 e. The van der Waals surface area contributed by atoms with Gasteiger partial charge in [-0.25, -0.2) is 0 Å². The molecule has 1 aromatic rings. The molecule has 1 rings (SSSR count). The maximum Gasteiger partial charge on any atom is 0.119 e. The fraction of sp³-hybridized carbons (Fsp3) is 0.500. The van der Waals surface area contributed by atoms with Gasteiger partial charge < -0.3 is 14.3 Å². The van der Waals surface area contributed by atoms with Crippen molar-refractivity contribution < 1.29 is 14.3 Å². The van der Waals surface area contributed by atoms with Crippen molar-refractivity contribution in [2.24, 2.45) is 0 Å². The number of methoxy groups -OCH3 is 1. The Morgan fingerprint density at radius 2 is 2.07 bits per heavy atom. The molecular weight excluding hydrogens is 190 g/mol. The van der Waals surface area contributed by atoms with Gasteiger partial charge in [0.1, 0.15) is 18.8 Å². The second-order valence-corrected chi connectivity index (χ2v) is 4.39.